The van der Waals surface area contributed by atoms with E-state index in [0.717, 1.165) is 11.5 Å². The summed E-state index contributed by atoms with van der Waals surface area (Å²) in [5.41, 5.74) is 0. The fourth-order valence-corrected chi connectivity index (χ4v) is 1.19. The molecule has 0 bridgehead atoms. The highest BCUT2D eigenvalue weighted by molar-refractivity contribution is 7.07. The van der Waals surface area contributed by atoms with Crippen LogP contribution in [0.3, 0.4) is 0 Å². The second-order valence-electron chi connectivity index (χ2n) is 2.37. The summed E-state index contributed by atoms with van der Waals surface area (Å²) in [6.07, 6.45) is 1.41. The second kappa shape index (κ2) is 6.41. The van der Waals surface area contributed by atoms with Crippen molar-refractivity contribution in [1.82, 2.24) is 14.9 Å². The Hall–Kier alpha value is -1.05. The number of carbonyl (C=O) groups is 1. The molecule has 78 valence electrons. The summed E-state index contributed by atoms with van der Waals surface area (Å²) in [5, 5.41) is 14.6. The minimum absolute atomic E-state index is 0.00723. The first-order valence-electron chi connectivity index (χ1n) is 4.08. The lowest BCUT2D eigenvalue weighted by atomic mass is 10.5. The maximum Gasteiger partial charge on any atom is 0.264 e. The molecule has 0 saturated carbocycles. The zero-order chi connectivity index (χ0) is 10.2. The Bertz CT molecular complexity index is 265. The molecule has 6 nitrogen and oxygen atoms in total. The molecule has 0 spiro atoms. The maximum atomic E-state index is 11.3. The molecule has 7 heteroatoms. The van der Waals surface area contributed by atoms with Gasteiger partial charge in [-0.15, -0.1) is 5.10 Å². The average molecular weight is 217 g/mol. The van der Waals surface area contributed by atoms with Gasteiger partial charge in [0.25, 0.3) is 5.91 Å². The molecule has 0 unspecified atom stereocenters. The number of nitrogens with one attached hydrogen (secondary N) is 1. The number of carbonyl (C=O) groups excluding carboxylic acids is 1. The van der Waals surface area contributed by atoms with Crippen molar-refractivity contribution < 1.29 is 14.6 Å². The van der Waals surface area contributed by atoms with Crippen LogP contribution in [0.15, 0.2) is 6.20 Å². The fraction of sp³-hybridized carbons (Fsp3) is 0.571. The van der Waals surface area contributed by atoms with Gasteiger partial charge in [0.1, 0.15) is 4.88 Å². The second-order valence-corrected chi connectivity index (χ2v) is 3.16. The van der Waals surface area contributed by atoms with Gasteiger partial charge in [0.2, 0.25) is 0 Å². The van der Waals surface area contributed by atoms with Crippen LogP contribution in [0, 0.1) is 0 Å². The maximum absolute atomic E-state index is 11.3. The SMILES string of the molecule is O=C(NCCOCCO)c1cnns1. The predicted octanol–water partition coefficient (Wildman–Crippen LogP) is -0.723. The molecule has 1 heterocycles. The van der Waals surface area contributed by atoms with Crippen LogP contribution in [-0.4, -0.2) is 47.0 Å². The van der Waals surface area contributed by atoms with E-state index in [9.17, 15) is 4.79 Å². The number of aliphatic hydroxyl groups is 1. The van der Waals surface area contributed by atoms with Gasteiger partial charge in [0, 0.05) is 6.54 Å². The largest absolute Gasteiger partial charge is 0.394 e. The summed E-state index contributed by atoms with van der Waals surface area (Å²) in [6.45, 7) is 1.08. The monoisotopic (exact) mass is 217 g/mol. The first-order chi connectivity index (χ1) is 6.84. The Balaban J connectivity index is 2.10. The van der Waals surface area contributed by atoms with E-state index in [2.05, 4.69) is 14.9 Å². The lowest BCUT2D eigenvalue weighted by Crippen LogP contribution is -2.26. The molecule has 2 N–H and O–H groups in total. The summed E-state index contributed by atoms with van der Waals surface area (Å²) < 4.78 is 8.53. The van der Waals surface area contributed by atoms with Gasteiger partial charge in [-0.25, -0.2) is 0 Å². The minimum atomic E-state index is -0.201. The normalized spacial score (nSPS) is 10.1. The van der Waals surface area contributed by atoms with E-state index >= 15 is 0 Å². The molecule has 0 atom stereocenters. The van der Waals surface area contributed by atoms with Crippen LogP contribution in [-0.2, 0) is 4.74 Å². The number of rotatable bonds is 6. The molecule has 0 saturated heterocycles. The number of aliphatic hydroxyl groups excluding tert-OH is 1. The van der Waals surface area contributed by atoms with Gasteiger partial charge in [-0.2, -0.15) is 0 Å². The van der Waals surface area contributed by atoms with Gasteiger partial charge in [-0.3, -0.25) is 4.79 Å². The van der Waals surface area contributed by atoms with Crippen molar-refractivity contribution in [2.45, 2.75) is 0 Å². The molecule has 0 aliphatic carbocycles. The zero-order valence-corrected chi connectivity index (χ0v) is 8.29. The molecule has 0 radical (unpaired) electrons. The quantitative estimate of drug-likeness (QED) is 0.614. The van der Waals surface area contributed by atoms with Crippen LogP contribution >= 0.6 is 11.5 Å². The molecule has 1 aromatic rings. The van der Waals surface area contributed by atoms with Crippen molar-refractivity contribution >= 4 is 17.4 Å². The first-order valence-corrected chi connectivity index (χ1v) is 4.86. The van der Waals surface area contributed by atoms with Crippen molar-refractivity contribution in [3.05, 3.63) is 11.1 Å². The van der Waals surface area contributed by atoms with Crippen molar-refractivity contribution in [2.24, 2.45) is 0 Å². The molecule has 1 rings (SSSR count). The van der Waals surface area contributed by atoms with Gasteiger partial charge < -0.3 is 15.2 Å². The van der Waals surface area contributed by atoms with Crippen LogP contribution in [0.25, 0.3) is 0 Å². The van der Waals surface area contributed by atoms with Crippen molar-refractivity contribution in [1.29, 1.82) is 0 Å². The fourth-order valence-electron chi connectivity index (χ4n) is 0.758. The van der Waals surface area contributed by atoms with Gasteiger partial charge in [-0.1, -0.05) is 4.49 Å². The Kier molecular flexibility index (Phi) is 5.05. The van der Waals surface area contributed by atoms with E-state index in [-0.39, 0.29) is 19.1 Å². The van der Waals surface area contributed by atoms with Crippen molar-refractivity contribution in [3.63, 3.8) is 0 Å². The molecule has 1 amide bonds. The number of amides is 1. The molecule has 0 aliphatic heterocycles. The number of aromatic nitrogens is 2. The number of hydrogen-bond acceptors (Lipinski definition) is 6. The third kappa shape index (κ3) is 3.77. The molecule has 14 heavy (non-hydrogen) atoms. The lowest BCUT2D eigenvalue weighted by molar-refractivity contribution is 0.0840. The predicted molar refractivity (Wildman–Crippen MR) is 50.1 cm³/mol. The molecular formula is C7H11N3O3S. The van der Waals surface area contributed by atoms with Gasteiger partial charge >= 0.3 is 0 Å². The van der Waals surface area contributed by atoms with E-state index in [1.54, 1.807) is 0 Å². The van der Waals surface area contributed by atoms with E-state index in [4.69, 9.17) is 9.84 Å². The van der Waals surface area contributed by atoms with Gasteiger partial charge in [-0.05, 0) is 11.5 Å². The van der Waals surface area contributed by atoms with Crippen LogP contribution < -0.4 is 5.32 Å². The van der Waals surface area contributed by atoms with E-state index in [0.29, 0.717) is 18.0 Å². The Labute approximate surface area is 85.1 Å². The Morgan fingerprint density at radius 1 is 1.64 bits per heavy atom. The first kappa shape index (κ1) is 11.0. The van der Waals surface area contributed by atoms with E-state index in [1.165, 1.54) is 6.20 Å². The van der Waals surface area contributed by atoms with E-state index < -0.39 is 0 Å². The Morgan fingerprint density at radius 3 is 3.14 bits per heavy atom. The van der Waals surface area contributed by atoms with Crippen molar-refractivity contribution in [3.8, 4) is 0 Å². The van der Waals surface area contributed by atoms with Gasteiger partial charge in [0.05, 0.1) is 26.0 Å². The minimum Gasteiger partial charge on any atom is -0.394 e. The summed E-state index contributed by atoms with van der Waals surface area (Å²) in [5.74, 6) is -0.201. The van der Waals surface area contributed by atoms with Crippen LogP contribution in [0.2, 0.25) is 0 Å². The average Bonchev–Trinajstić information content (AvgIpc) is 2.70. The molecule has 1 aromatic heterocycles. The third-order valence-corrected chi connectivity index (χ3v) is 2.02. The highest BCUT2D eigenvalue weighted by Gasteiger charge is 2.06. The van der Waals surface area contributed by atoms with Crippen molar-refractivity contribution in [2.75, 3.05) is 26.4 Å². The highest BCUT2D eigenvalue weighted by Crippen LogP contribution is 2.00. The highest BCUT2D eigenvalue weighted by atomic mass is 32.1. The Morgan fingerprint density at radius 2 is 2.50 bits per heavy atom. The zero-order valence-electron chi connectivity index (χ0n) is 7.47. The summed E-state index contributed by atoms with van der Waals surface area (Å²) in [7, 11) is 0. The molecule has 0 aromatic carbocycles. The number of hydrogen-bond donors (Lipinski definition) is 2. The van der Waals surface area contributed by atoms with E-state index in [1.807, 2.05) is 0 Å². The number of nitrogens with zero attached hydrogens (tertiary/aromatic N) is 2. The number of ether oxygens (including phenoxy) is 1. The third-order valence-electron chi connectivity index (χ3n) is 1.35. The summed E-state index contributed by atoms with van der Waals surface area (Å²) in [6, 6.07) is 0. The lowest BCUT2D eigenvalue weighted by Gasteiger charge is -2.03. The van der Waals surface area contributed by atoms with Crippen LogP contribution in [0.1, 0.15) is 9.67 Å². The molecular weight excluding hydrogens is 206 g/mol. The van der Waals surface area contributed by atoms with Gasteiger partial charge in [0.15, 0.2) is 0 Å². The topological polar surface area (TPSA) is 84.3 Å². The molecule has 0 aliphatic rings. The summed E-state index contributed by atoms with van der Waals surface area (Å²) in [4.78, 5) is 11.7. The van der Waals surface area contributed by atoms with Crippen LogP contribution in [0.4, 0.5) is 0 Å². The molecule has 0 fully saturated rings. The smallest absolute Gasteiger partial charge is 0.264 e. The van der Waals surface area contributed by atoms with Crippen LogP contribution in [0.5, 0.6) is 0 Å². The summed E-state index contributed by atoms with van der Waals surface area (Å²) >= 11 is 1.05. The standard InChI is InChI=1S/C7H11N3O3S/c11-2-4-13-3-1-8-7(12)6-5-9-10-14-6/h5,11H,1-4H2,(H,8,12).